The maximum atomic E-state index is 12.0. The molecule has 0 radical (unpaired) electrons. The van der Waals surface area contributed by atoms with Crippen molar-refractivity contribution in [2.75, 3.05) is 7.11 Å². The molecule has 1 aromatic carbocycles. The van der Waals surface area contributed by atoms with Crippen molar-refractivity contribution in [3.63, 3.8) is 0 Å². The van der Waals surface area contributed by atoms with Crippen LogP contribution in [-0.4, -0.2) is 23.8 Å². The number of hydrogen-bond donors (Lipinski definition) is 1. The predicted octanol–water partition coefficient (Wildman–Crippen LogP) is 2.35. The number of ether oxygens (including phenoxy) is 1. The van der Waals surface area contributed by atoms with Crippen LogP contribution in [0.5, 0.6) is 11.5 Å². The summed E-state index contributed by atoms with van der Waals surface area (Å²) in [5, 5.41) is 9.89. The number of rotatable bonds is 1. The lowest BCUT2D eigenvalue weighted by molar-refractivity contribution is 0.0812. The molecule has 96 valence electrons. The van der Waals surface area contributed by atoms with Crippen molar-refractivity contribution in [2.45, 2.75) is 6.92 Å². The summed E-state index contributed by atoms with van der Waals surface area (Å²) in [5.41, 5.74) is 0.569. The van der Waals surface area contributed by atoms with E-state index in [2.05, 4.69) is 0 Å². The highest BCUT2D eigenvalue weighted by molar-refractivity contribution is 6.53. The Bertz CT molecular complexity index is 724. The number of aromatic hydroxyl groups is 1. The number of Topliss-reactive ketones (excluding diaryl/α,β-unsaturated/α-hetero) is 2. The van der Waals surface area contributed by atoms with Gasteiger partial charge in [0, 0.05) is 11.6 Å². The van der Waals surface area contributed by atoms with Crippen LogP contribution in [0.15, 0.2) is 22.6 Å². The second-order valence-electron chi connectivity index (χ2n) is 4.33. The van der Waals surface area contributed by atoms with Gasteiger partial charge in [-0.3, -0.25) is 9.59 Å². The first-order chi connectivity index (χ1) is 9.02. The Balaban J connectivity index is 2.39. The van der Waals surface area contributed by atoms with Crippen LogP contribution in [0.4, 0.5) is 0 Å². The van der Waals surface area contributed by atoms with E-state index in [0.29, 0.717) is 22.8 Å². The molecule has 0 fully saturated rings. The summed E-state index contributed by atoms with van der Waals surface area (Å²) < 4.78 is 10.5. The van der Waals surface area contributed by atoms with Crippen LogP contribution in [0, 0.1) is 6.92 Å². The molecule has 0 atom stereocenters. The lowest BCUT2D eigenvalue weighted by Crippen LogP contribution is -2.20. The predicted molar refractivity (Wildman–Crippen MR) is 65.8 cm³/mol. The Labute approximate surface area is 108 Å². The third-order valence-corrected chi connectivity index (χ3v) is 3.10. The van der Waals surface area contributed by atoms with Crippen molar-refractivity contribution >= 4 is 11.6 Å². The van der Waals surface area contributed by atoms with Gasteiger partial charge in [-0.15, -0.1) is 0 Å². The fraction of sp³-hybridized carbons (Fsp3) is 0.143. The number of methoxy groups -OCH3 is 1. The Morgan fingerprint density at radius 3 is 2.53 bits per heavy atom. The summed E-state index contributed by atoms with van der Waals surface area (Å²) in [7, 11) is 1.45. The number of carbonyl (C=O) groups is 2. The minimum absolute atomic E-state index is 0.0346. The minimum Gasteiger partial charge on any atom is -0.507 e. The minimum atomic E-state index is -0.733. The average Bonchev–Trinajstić information content (AvgIpc) is 2.77. The Morgan fingerprint density at radius 1 is 1.11 bits per heavy atom. The van der Waals surface area contributed by atoms with E-state index >= 15 is 0 Å². The summed E-state index contributed by atoms with van der Waals surface area (Å²) in [6.45, 7) is 1.69. The number of carbonyl (C=O) groups excluding carboxylic acids is 2. The molecule has 0 saturated heterocycles. The van der Waals surface area contributed by atoms with Crippen molar-refractivity contribution in [1.82, 2.24) is 0 Å². The van der Waals surface area contributed by atoms with E-state index in [0.717, 1.165) is 0 Å². The molecule has 1 heterocycles. The first-order valence-corrected chi connectivity index (χ1v) is 5.63. The fourth-order valence-corrected chi connectivity index (χ4v) is 2.26. The molecule has 5 heteroatoms. The number of phenolic OH excluding ortho intramolecular Hbond substituents is 1. The van der Waals surface area contributed by atoms with Crippen molar-refractivity contribution in [3.8, 4) is 22.8 Å². The van der Waals surface area contributed by atoms with E-state index in [1.54, 1.807) is 13.0 Å². The molecule has 3 rings (SSSR count). The number of fused-ring (bicyclic) bond motifs is 3. The molecule has 0 saturated carbocycles. The number of hydrogen-bond acceptors (Lipinski definition) is 5. The van der Waals surface area contributed by atoms with Gasteiger partial charge in [0.1, 0.15) is 23.0 Å². The highest BCUT2D eigenvalue weighted by Crippen LogP contribution is 2.41. The fourth-order valence-electron chi connectivity index (χ4n) is 2.26. The van der Waals surface area contributed by atoms with Gasteiger partial charge in [0.2, 0.25) is 11.6 Å². The molecule has 1 N–H and O–H groups in total. The van der Waals surface area contributed by atoms with Gasteiger partial charge in [-0.1, -0.05) is 0 Å². The first kappa shape index (κ1) is 11.5. The third kappa shape index (κ3) is 1.48. The summed E-state index contributed by atoms with van der Waals surface area (Å²) in [6, 6.07) is 4.39. The summed E-state index contributed by atoms with van der Waals surface area (Å²) in [5.74, 6) is -0.471. The van der Waals surface area contributed by atoms with E-state index in [9.17, 15) is 14.7 Å². The van der Waals surface area contributed by atoms with E-state index < -0.39 is 11.6 Å². The van der Waals surface area contributed by atoms with Crippen LogP contribution in [0.3, 0.4) is 0 Å². The molecule has 1 aliphatic rings. The maximum Gasteiger partial charge on any atom is 0.238 e. The van der Waals surface area contributed by atoms with Crippen LogP contribution < -0.4 is 4.74 Å². The molecule has 1 aromatic heterocycles. The molecule has 19 heavy (non-hydrogen) atoms. The highest BCUT2D eigenvalue weighted by Gasteiger charge is 2.36. The van der Waals surface area contributed by atoms with Crippen LogP contribution in [-0.2, 0) is 0 Å². The zero-order valence-electron chi connectivity index (χ0n) is 10.3. The molecular weight excluding hydrogens is 248 g/mol. The van der Waals surface area contributed by atoms with Crippen molar-refractivity contribution < 1.29 is 23.8 Å². The molecule has 2 aromatic rings. The average molecular weight is 258 g/mol. The standard InChI is InChI=1S/C14H10O5/c1-6-3-9-12(16)13(17)11-8(14(9)19-6)4-7(18-2)5-10(11)15/h3-5,15H,1-2H3. The van der Waals surface area contributed by atoms with Gasteiger partial charge in [-0.2, -0.15) is 0 Å². The zero-order valence-corrected chi connectivity index (χ0v) is 10.3. The number of benzene rings is 1. The smallest absolute Gasteiger partial charge is 0.238 e. The van der Waals surface area contributed by atoms with Crippen molar-refractivity contribution in [3.05, 3.63) is 35.1 Å². The summed E-state index contributed by atoms with van der Waals surface area (Å²) >= 11 is 0. The van der Waals surface area contributed by atoms with Gasteiger partial charge in [0.25, 0.3) is 0 Å². The number of phenols is 1. The largest absolute Gasteiger partial charge is 0.507 e. The van der Waals surface area contributed by atoms with E-state index in [1.165, 1.54) is 19.2 Å². The van der Waals surface area contributed by atoms with Gasteiger partial charge >= 0.3 is 0 Å². The van der Waals surface area contributed by atoms with E-state index in [4.69, 9.17) is 9.15 Å². The highest BCUT2D eigenvalue weighted by atomic mass is 16.5. The van der Waals surface area contributed by atoms with Crippen LogP contribution >= 0.6 is 0 Å². The van der Waals surface area contributed by atoms with Crippen molar-refractivity contribution in [1.29, 1.82) is 0 Å². The lowest BCUT2D eigenvalue weighted by Gasteiger charge is -2.15. The Hall–Kier alpha value is -2.56. The first-order valence-electron chi connectivity index (χ1n) is 5.63. The molecular formula is C14H10O5. The Morgan fingerprint density at radius 2 is 1.84 bits per heavy atom. The van der Waals surface area contributed by atoms with Crippen molar-refractivity contribution in [2.24, 2.45) is 0 Å². The molecule has 1 aliphatic carbocycles. The number of furan rings is 1. The lowest BCUT2D eigenvalue weighted by atomic mass is 9.88. The summed E-state index contributed by atoms with van der Waals surface area (Å²) in [4.78, 5) is 24.0. The SMILES string of the molecule is COc1cc(O)c2c(c1)-c1oc(C)cc1C(=O)C2=O. The molecule has 0 aliphatic heterocycles. The number of aryl methyl sites for hydroxylation is 1. The molecule has 0 amide bonds. The Kier molecular flexibility index (Phi) is 2.25. The van der Waals surface area contributed by atoms with Gasteiger partial charge in [0.05, 0.1) is 18.2 Å². The normalized spacial score (nSPS) is 13.2. The monoisotopic (exact) mass is 258 g/mol. The third-order valence-electron chi connectivity index (χ3n) is 3.10. The van der Waals surface area contributed by atoms with Gasteiger partial charge in [0.15, 0.2) is 0 Å². The molecule has 0 unspecified atom stereocenters. The van der Waals surface area contributed by atoms with Gasteiger partial charge in [-0.25, -0.2) is 0 Å². The van der Waals surface area contributed by atoms with E-state index in [-0.39, 0.29) is 16.9 Å². The second kappa shape index (κ2) is 3.71. The zero-order chi connectivity index (χ0) is 13.7. The van der Waals surface area contributed by atoms with Gasteiger partial charge < -0.3 is 14.3 Å². The topological polar surface area (TPSA) is 76.7 Å². The maximum absolute atomic E-state index is 12.0. The quantitative estimate of drug-likeness (QED) is 0.794. The second-order valence-corrected chi connectivity index (χ2v) is 4.33. The molecule has 0 spiro atoms. The number of ketones is 2. The van der Waals surface area contributed by atoms with Gasteiger partial charge in [-0.05, 0) is 19.1 Å². The van der Waals surface area contributed by atoms with Crippen LogP contribution in [0.25, 0.3) is 11.3 Å². The molecule has 0 bridgehead atoms. The summed E-state index contributed by atoms with van der Waals surface area (Å²) in [6.07, 6.45) is 0. The van der Waals surface area contributed by atoms with E-state index in [1.807, 2.05) is 0 Å². The van der Waals surface area contributed by atoms with Crippen LogP contribution in [0.2, 0.25) is 0 Å². The molecule has 5 nitrogen and oxygen atoms in total. The van der Waals surface area contributed by atoms with Crippen LogP contribution in [0.1, 0.15) is 26.5 Å².